The summed E-state index contributed by atoms with van der Waals surface area (Å²) in [4.78, 5) is 21.1. The third kappa shape index (κ3) is 3.05. The summed E-state index contributed by atoms with van der Waals surface area (Å²) in [7, 11) is 0. The van der Waals surface area contributed by atoms with E-state index in [9.17, 15) is 28.1 Å². The van der Waals surface area contributed by atoms with Gasteiger partial charge in [-0.05, 0) is 29.8 Å². The van der Waals surface area contributed by atoms with Gasteiger partial charge in [-0.25, -0.2) is 4.79 Å². The Morgan fingerprint density at radius 3 is 2.14 bits per heavy atom. The fourth-order valence-corrected chi connectivity index (χ4v) is 1.90. The number of hydrogen-bond acceptors (Lipinski definition) is 3. The molecule has 0 spiro atoms. The average Bonchev–Trinajstić information content (AvgIpc) is 2.45. The molecule has 0 amide bonds. The quantitative estimate of drug-likeness (QED) is 0.686. The Labute approximate surface area is 121 Å². The lowest BCUT2D eigenvalue weighted by atomic mass is 10.0. The number of carbonyl (C=O) groups is 1. The second-order valence-corrected chi connectivity index (χ2v) is 4.37. The lowest BCUT2D eigenvalue weighted by Gasteiger charge is -2.08. The van der Waals surface area contributed by atoms with Gasteiger partial charge < -0.3 is 5.11 Å². The van der Waals surface area contributed by atoms with Crippen LogP contribution in [0.5, 0.6) is 0 Å². The summed E-state index contributed by atoms with van der Waals surface area (Å²) in [5.74, 6) is -1.33. The van der Waals surface area contributed by atoms with Crippen molar-refractivity contribution in [2.24, 2.45) is 0 Å². The number of aromatic carboxylic acids is 1. The van der Waals surface area contributed by atoms with Crippen molar-refractivity contribution in [3.05, 3.63) is 63.7 Å². The normalized spacial score (nSPS) is 11.2. The first-order valence-electron chi connectivity index (χ1n) is 5.89. The van der Waals surface area contributed by atoms with E-state index in [-0.39, 0.29) is 16.7 Å². The summed E-state index contributed by atoms with van der Waals surface area (Å²) in [5, 5.41) is 19.9. The lowest BCUT2D eigenvalue weighted by Crippen LogP contribution is -2.04. The monoisotopic (exact) mass is 311 g/mol. The van der Waals surface area contributed by atoms with E-state index in [1.807, 2.05) is 0 Å². The Morgan fingerprint density at radius 2 is 1.68 bits per heavy atom. The molecule has 8 heteroatoms. The SMILES string of the molecule is O=C(O)c1ccc(-c2ccc(C(F)(F)F)cc2)c([N+](=O)[O-])c1. The first-order chi connectivity index (χ1) is 10.2. The Balaban J connectivity index is 2.52. The molecule has 2 rings (SSSR count). The molecule has 1 N–H and O–H groups in total. The minimum Gasteiger partial charge on any atom is -0.478 e. The maximum absolute atomic E-state index is 12.5. The van der Waals surface area contributed by atoms with Crippen LogP contribution in [0.4, 0.5) is 18.9 Å². The van der Waals surface area contributed by atoms with Crippen LogP contribution in [-0.2, 0) is 6.18 Å². The van der Waals surface area contributed by atoms with Crippen LogP contribution in [-0.4, -0.2) is 16.0 Å². The molecule has 0 unspecified atom stereocenters. The topological polar surface area (TPSA) is 80.4 Å². The summed E-state index contributed by atoms with van der Waals surface area (Å²) in [6, 6.07) is 7.05. The molecular weight excluding hydrogens is 303 g/mol. The summed E-state index contributed by atoms with van der Waals surface area (Å²) in [5.41, 5.74) is -1.40. The second kappa shape index (κ2) is 5.47. The molecule has 2 aromatic rings. The number of carboxylic acids is 1. The minimum atomic E-state index is -4.50. The van der Waals surface area contributed by atoms with Crippen LogP contribution < -0.4 is 0 Å². The molecule has 0 radical (unpaired) electrons. The summed E-state index contributed by atoms with van der Waals surface area (Å²) < 4.78 is 37.5. The second-order valence-electron chi connectivity index (χ2n) is 4.37. The van der Waals surface area contributed by atoms with Crippen LogP contribution in [0.1, 0.15) is 15.9 Å². The Morgan fingerprint density at radius 1 is 1.09 bits per heavy atom. The largest absolute Gasteiger partial charge is 0.478 e. The molecule has 5 nitrogen and oxygen atoms in total. The highest BCUT2D eigenvalue weighted by molar-refractivity contribution is 5.90. The number of halogens is 3. The number of carboxylic acid groups (broad SMARTS) is 1. The zero-order valence-corrected chi connectivity index (χ0v) is 10.8. The lowest BCUT2D eigenvalue weighted by molar-refractivity contribution is -0.384. The third-order valence-electron chi connectivity index (χ3n) is 2.96. The molecule has 0 saturated carbocycles. The van der Waals surface area contributed by atoms with Crippen LogP contribution in [0, 0.1) is 10.1 Å². The smallest absolute Gasteiger partial charge is 0.416 e. The third-order valence-corrected chi connectivity index (χ3v) is 2.96. The molecule has 0 aliphatic rings. The van der Waals surface area contributed by atoms with Gasteiger partial charge in [0.2, 0.25) is 0 Å². The molecule has 0 atom stereocenters. The Kier molecular flexibility index (Phi) is 3.85. The van der Waals surface area contributed by atoms with Crippen molar-refractivity contribution in [3.8, 4) is 11.1 Å². The van der Waals surface area contributed by atoms with Crippen LogP contribution >= 0.6 is 0 Å². The van der Waals surface area contributed by atoms with Crippen molar-refractivity contribution in [1.29, 1.82) is 0 Å². The van der Waals surface area contributed by atoms with Crippen LogP contribution in [0.2, 0.25) is 0 Å². The molecule has 0 aromatic heterocycles. The van der Waals surface area contributed by atoms with Crippen molar-refractivity contribution in [3.63, 3.8) is 0 Å². The maximum atomic E-state index is 12.5. The van der Waals surface area contributed by atoms with Gasteiger partial charge in [0.1, 0.15) is 0 Å². The van der Waals surface area contributed by atoms with E-state index in [4.69, 9.17) is 5.11 Å². The number of hydrogen-bond donors (Lipinski definition) is 1. The van der Waals surface area contributed by atoms with Crippen molar-refractivity contribution in [2.75, 3.05) is 0 Å². The first kappa shape index (κ1) is 15.5. The van der Waals surface area contributed by atoms with Gasteiger partial charge in [-0.15, -0.1) is 0 Å². The Bertz CT molecular complexity index is 739. The number of alkyl halides is 3. The van der Waals surface area contributed by atoms with Crippen molar-refractivity contribution >= 4 is 11.7 Å². The molecule has 0 aliphatic carbocycles. The first-order valence-corrected chi connectivity index (χ1v) is 5.89. The maximum Gasteiger partial charge on any atom is 0.416 e. The molecule has 0 aliphatic heterocycles. The average molecular weight is 311 g/mol. The van der Waals surface area contributed by atoms with Crippen molar-refractivity contribution in [2.45, 2.75) is 6.18 Å². The number of nitro benzene ring substituents is 1. The zero-order chi connectivity index (χ0) is 16.5. The molecule has 0 fully saturated rings. The summed E-state index contributed by atoms with van der Waals surface area (Å²) in [6.45, 7) is 0. The van der Waals surface area contributed by atoms with Gasteiger partial charge in [0.15, 0.2) is 0 Å². The summed E-state index contributed by atoms with van der Waals surface area (Å²) >= 11 is 0. The van der Waals surface area contributed by atoms with Gasteiger partial charge in [0, 0.05) is 6.07 Å². The predicted molar refractivity (Wildman–Crippen MR) is 70.5 cm³/mol. The number of rotatable bonds is 3. The highest BCUT2D eigenvalue weighted by atomic mass is 19.4. The number of benzene rings is 2. The standard InChI is InChI=1S/C14H8F3NO4/c15-14(16,17)10-4-1-8(2-5-10)11-6-3-9(13(19)20)7-12(11)18(21)22/h1-7H,(H,19,20). The van der Waals surface area contributed by atoms with E-state index in [2.05, 4.69) is 0 Å². The molecule has 0 heterocycles. The predicted octanol–water partition coefficient (Wildman–Crippen LogP) is 3.98. The molecule has 0 bridgehead atoms. The van der Waals surface area contributed by atoms with E-state index >= 15 is 0 Å². The van der Waals surface area contributed by atoms with E-state index < -0.39 is 28.3 Å². The van der Waals surface area contributed by atoms with Gasteiger partial charge in [-0.1, -0.05) is 12.1 Å². The van der Waals surface area contributed by atoms with Crippen molar-refractivity contribution in [1.82, 2.24) is 0 Å². The van der Waals surface area contributed by atoms with E-state index in [0.717, 1.165) is 36.4 Å². The van der Waals surface area contributed by atoms with Gasteiger partial charge in [0.05, 0.1) is 21.6 Å². The van der Waals surface area contributed by atoms with Crippen LogP contribution in [0.3, 0.4) is 0 Å². The number of nitrogens with zero attached hydrogens (tertiary/aromatic N) is 1. The molecule has 114 valence electrons. The number of nitro groups is 1. The fourth-order valence-electron chi connectivity index (χ4n) is 1.90. The van der Waals surface area contributed by atoms with E-state index in [0.29, 0.717) is 0 Å². The molecule has 0 saturated heterocycles. The highest BCUT2D eigenvalue weighted by Crippen LogP contribution is 2.34. The highest BCUT2D eigenvalue weighted by Gasteiger charge is 2.30. The fraction of sp³-hybridized carbons (Fsp3) is 0.0714. The van der Waals surface area contributed by atoms with Crippen LogP contribution in [0.15, 0.2) is 42.5 Å². The van der Waals surface area contributed by atoms with Gasteiger partial charge in [-0.2, -0.15) is 13.2 Å². The molecular formula is C14H8F3NO4. The van der Waals surface area contributed by atoms with E-state index in [1.54, 1.807) is 0 Å². The summed E-state index contributed by atoms with van der Waals surface area (Å²) in [6.07, 6.45) is -4.50. The van der Waals surface area contributed by atoms with E-state index in [1.165, 1.54) is 6.07 Å². The van der Waals surface area contributed by atoms with Gasteiger partial charge in [0.25, 0.3) is 5.69 Å². The van der Waals surface area contributed by atoms with Gasteiger partial charge in [-0.3, -0.25) is 10.1 Å². The van der Waals surface area contributed by atoms with Gasteiger partial charge >= 0.3 is 12.1 Å². The molecule has 2 aromatic carbocycles. The molecule has 22 heavy (non-hydrogen) atoms. The Hall–Kier alpha value is -2.90. The van der Waals surface area contributed by atoms with Crippen molar-refractivity contribution < 1.29 is 28.0 Å². The zero-order valence-electron chi connectivity index (χ0n) is 10.8. The van der Waals surface area contributed by atoms with Crippen LogP contribution in [0.25, 0.3) is 11.1 Å². The minimum absolute atomic E-state index is 0.0451.